The Labute approximate surface area is 186 Å². The van der Waals surface area contributed by atoms with Gasteiger partial charge in [-0.25, -0.2) is 9.50 Å². The molecule has 4 nitrogen and oxygen atoms in total. The van der Waals surface area contributed by atoms with E-state index in [1.165, 1.54) is 13.0 Å². The Morgan fingerprint density at radius 3 is 2.39 bits per heavy atom. The van der Waals surface area contributed by atoms with Crippen molar-refractivity contribution in [2.45, 2.75) is 65.0 Å². The Kier molecular flexibility index (Phi) is 6.30. The van der Waals surface area contributed by atoms with E-state index in [4.69, 9.17) is 16.0 Å². The number of alkyl halides is 3. The summed E-state index contributed by atoms with van der Waals surface area (Å²) in [7, 11) is -2.05. The van der Waals surface area contributed by atoms with Gasteiger partial charge in [0.15, 0.2) is 14.0 Å². The van der Waals surface area contributed by atoms with Crippen LogP contribution in [-0.4, -0.2) is 22.9 Å². The number of hydrogen-bond acceptors (Lipinski definition) is 3. The average Bonchev–Trinajstić information content (AvgIpc) is 2.97. The van der Waals surface area contributed by atoms with Gasteiger partial charge in [-0.2, -0.15) is 18.3 Å². The molecule has 0 N–H and O–H groups in total. The number of aromatic nitrogens is 3. The molecule has 2 aromatic heterocycles. The molecule has 0 saturated carbocycles. The van der Waals surface area contributed by atoms with E-state index in [-0.39, 0.29) is 28.8 Å². The van der Waals surface area contributed by atoms with Gasteiger partial charge >= 0.3 is 6.18 Å². The van der Waals surface area contributed by atoms with Crippen LogP contribution in [-0.2, 0) is 23.6 Å². The first-order valence-electron chi connectivity index (χ1n) is 10.0. The van der Waals surface area contributed by atoms with Gasteiger partial charge in [0.1, 0.15) is 5.15 Å². The van der Waals surface area contributed by atoms with Crippen molar-refractivity contribution in [3.8, 4) is 0 Å². The van der Waals surface area contributed by atoms with Crippen molar-refractivity contribution in [2.24, 2.45) is 0 Å². The monoisotopic (exact) mass is 469 g/mol. The zero-order valence-electron chi connectivity index (χ0n) is 18.6. The van der Waals surface area contributed by atoms with E-state index in [9.17, 15) is 13.2 Å². The van der Waals surface area contributed by atoms with Crippen LogP contribution >= 0.6 is 11.6 Å². The maximum absolute atomic E-state index is 13.4. The van der Waals surface area contributed by atoms with Gasteiger partial charge in [-0.3, -0.25) is 0 Å². The molecule has 31 heavy (non-hydrogen) atoms. The van der Waals surface area contributed by atoms with Crippen LogP contribution in [0.25, 0.3) is 5.65 Å². The fraction of sp³-hybridized carbons (Fsp3) is 0.455. The normalized spacial score (nSPS) is 13.2. The zero-order valence-corrected chi connectivity index (χ0v) is 20.3. The molecule has 0 aliphatic carbocycles. The number of imidazole rings is 1. The summed E-state index contributed by atoms with van der Waals surface area (Å²) in [5.74, 6) is 0. The van der Waals surface area contributed by atoms with Crippen LogP contribution in [0, 0.1) is 6.92 Å². The molecule has 3 rings (SSSR count). The van der Waals surface area contributed by atoms with Gasteiger partial charge in [0, 0.05) is 6.42 Å². The molecule has 2 heterocycles. The minimum absolute atomic E-state index is 0.0194. The Hall–Kier alpha value is -1.90. The summed E-state index contributed by atoms with van der Waals surface area (Å²) < 4.78 is 48.1. The van der Waals surface area contributed by atoms with Crippen LogP contribution in [0.5, 0.6) is 0 Å². The topological polar surface area (TPSA) is 39.4 Å². The molecule has 0 radical (unpaired) electrons. The Bertz CT molecular complexity index is 1100. The number of fused-ring (bicyclic) bond motifs is 1. The van der Waals surface area contributed by atoms with E-state index >= 15 is 0 Å². The fourth-order valence-electron chi connectivity index (χ4n) is 3.12. The molecule has 9 heteroatoms. The number of nitrogens with zero attached hydrogens (tertiary/aromatic N) is 3. The maximum Gasteiger partial charge on any atom is 0.416 e. The third-order valence-corrected chi connectivity index (χ3v) is 10.8. The standard InChI is InChI=1S/C22H27ClF3N3OSi/c1-14-15(8-7-9-16(14)22(24,25)26)12-18-17(13-30-31(5,6)21(2,3)4)27-20-11-10-19(23)28-29(18)20/h7-11H,12-13H2,1-6H3. The van der Waals surface area contributed by atoms with Gasteiger partial charge in [-0.15, -0.1) is 0 Å². The van der Waals surface area contributed by atoms with Crippen LogP contribution in [0.2, 0.25) is 23.3 Å². The lowest BCUT2D eigenvalue weighted by Gasteiger charge is -2.36. The van der Waals surface area contributed by atoms with Crippen molar-refractivity contribution in [1.82, 2.24) is 14.6 Å². The summed E-state index contributed by atoms with van der Waals surface area (Å²) in [4.78, 5) is 4.65. The number of halogens is 4. The SMILES string of the molecule is Cc1c(Cc2c(CO[Si](C)(C)C(C)(C)C)nc3ccc(Cl)nn23)cccc1C(F)(F)F. The highest BCUT2D eigenvalue weighted by molar-refractivity contribution is 6.74. The number of hydrogen-bond donors (Lipinski definition) is 0. The van der Waals surface area contributed by atoms with Crippen molar-refractivity contribution in [1.29, 1.82) is 0 Å². The summed E-state index contributed by atoms with van der Waals surface area (Å²) in [5, 5.41) is 4.64. The molecule has 0 aliphatic heterocycles. The molecule has 0 fully saturated rings. The van der Waals surface area contributed by atoms with Gasteiger partial charge in [-0.1, -0.05) is 44.5 Å². The Morgan fingerprint density at radius 1 is 1.10 bits per heavy atom. The Balaban J connectivity index is 2.05. The highest BCUT2D eigenvalue weighted by Gasteiger charge is 2.37. The van der Waals surface area contributed by atoms with Crippen molar-refractivity contribution in [2.75, 3.05) is 0 Å². The lowest BCUT2D eigenvalue weighted by Crippen LogP contribution is -2.40. The molecular weight excluding hydrogens is 443 g/mol. The first kappa shape index (κ1) is 23.8. The van der Waals surface area contributed by atoms with Crippen molar-refractivity contribution in [3.05, 3.63) is 63.6 Å². The van der Waals surface area contributed by atoms with E-state index in [2.05, 4.69) is 43.9 Å². The van der Waals surface area contributed by atoms with Gasteiger partial charge in [0.2, 0.25) is 0 Å². The molecule has 0 amide bonds. The van der Waals surface area contributed by atoms with Crippen LogP contribution in [0.15, 0.2) is 30.3 Å². The smallest absolute Gasteiger partial charge is 0.411 e. The minimum Gasteiger partial charge on any atom is -0.411 e. The predicted octanol–water partition coefficient (Wildman–Crippen LogP) is 6.82. The molecule has 0 atom stereocenters. The molecule has 0 spiro atoms. The van der Waals surface area contributed by atoms with Crippen LogP contribution in [0.1, 0.15) is 48.8 Å². The molecule has 0 bridgehead atoms. The largest absolute Gasteiger partial charge is 0.416 e. The minimum atomic E-state index is -4.41. The van der Waals surface area contributed by atoms with Crippen molar-refractivity contribution >= 4 is 25.6 Å². The van der Waals surface area contributed by atoms with Crippen molar-refractivity contribution < 1.29 is 17.6 Å². The van der Waals surface area contributed by atoms with E-state index in [0.717, 1.165) is 6.07 Å². The lowest BCUT2D eigenvalue weighted by atomic mass is 9.98. The predicted molar refractivity (Wildman–Crippen MR) is 119 cm³/mol. The third-order valence-electron chi connectivity index (χ3n) is 6.11. The van der Waals surface area contributed by atoms with Crippen LogP contribution < -0.4 is 0 Å². The van der Waals surface area contributed by atoms with Crippen molar-refractivity contribution in [3.63, 3.8) is 0 Å². The first-order chi connectivity index (χ1) is 14.2. The van der Waals surface area contributed by atoms with E-state index in [0.29, 0.717) is 22.6 Å². The molecular formula is C22H27ClF3N3OSi. The first-order valence-corrected chi connectivity index (χ1v) is 13.3. The summed E-state index contributed by atoms with van der Waals surface area (Å²) in [6, 6.07) is 7.62. The van der Waals surface area contributed by atoms with E-state index in [1.54, 1.807) is 22.7 Å². The lowest BCUT2D eigenvalue weighted by molar-refractivity contribution is -0.138. The Morgan fingerprint density at radius 2 is 1.77 bits per heavy atom. The quantitative estimate of drug-likeness (QED) is 0.385. The summed E-state index contributed by atoms with van der Waals surface area (Å²) in [5.41, 5.74) is 2.05. The second-order valence-electron chi connectivity index (χ2n) is 9.24. The van der Waals surface area contributed by atoms with Gasteiger partial charge in [-0.05, 0) is 54.4 Å². The fourth-order valence-corrected chi connectivity index (χ4v) is 4.19. The average molecular weight is 470 g/mol. The second-order valence-corrected chi connectivity index (χ2v) is 14.4. The highest BCUT2D eigenvalue weighted by atomic mass is 35.5. The van der Waals surface area contributed by atoms with Gasteiger partial charge < -0.3 is 4.43 Å². The molecule has 1 aromatic carbocycles. The van der Waals surface area contributed by atoms with E-state index < -0.39 is 20.1 Å². The van der Waals surface area contributed by atoms with Gasteiger partial charge in [0.05, 0.1) is 23.6 Å². The molecule has 3 aromatic rings. The number of benzene rings is 1. The van der Waals surface area contributed by atoms with Crippen LogP contribution in [0.4, 0.5) is 13.2 Å². The molecule has 0 saturated heterocycles. The van der Waals surface area contributed by atoms with Crippen LogP contribution in [0.3, 0.4) is 0 Å². The molecule has 0 unspecified atom stereocenters. The highest BCUT2D eigenvalue weighted by Crippen LogP contribution is 2.37. The van der Waals surface area contributed by atoms with Gasteiger partial charge in [0.25, 0.3) is 0 Å². The number of rotatable bonds is 5. The second kappa shape index (κ2) is 8.22. The summed E-state index contributed by atoms with van der Waals surface area (Å²) >= 11 is 6.10. The molecule has 0 aliphatic rings. The summed E-state index contributed by atoms with van der Waals surface area (Å²) in [6.45, 7) is 12.5. The molecule has 168 valence electrons. The maximum atomic E-state index is 13.4. The van der Waals surface area contributed by atoms with E-state index in [1.807, 2.05) is 0 Å². The zero-order chi connectivity index (χ0) is 23.2. The summed E-state index contributed by atoms with van der Waals surface area (Å²) in [6.07, 6.45) is -4.17. The third kappa shape index (κ3) is 4.96.